The highest BCUT2D eigenvalue weighted by Crippen LogP contribution is 2.17. The first-order chi connectivity index (χ1) is 8.56. The predicted molar refractivity (Wildman–Crippen MR) is 64.2 cm³/mol. The highest BCUT2D eigenvalue weighted by atomic mass is 16.4. The van der Waals surface area contributed by atoms with Gasteiger partial charge in [0.25, 0.3) is 0 Å². The second kappa shape index (κ2) is 4.74. The second-order valence-corrected chi connectivity index (χ2v) is 3.69. The van der Waals surface area contributed by atoms with E-state index in [1.165, 1.54) is 12.3 Å². The lowest BCUT2D eigenvalue weighted by molar-refractivity contribution is 0.0696. The third-order valence-electron chi connectivity index (χ3n) is 2.24. The van der Waals surface area contributed by atoms with Crippen molar-refractivity contribution in [2.24, 2.45) is 0 Å². The van der Waals surface area contributed by atoms with Gasteiger partial charge in [-0.05, 0) is 13.0 Å². The molecule has 2 aromatic rings. The van der Waals surface area contributed by atoms with Gasteiger partial charge >= 0.3 is 5.97 Å². The van der Waals surface area contributed by atoms with E-state index in [1.54, 1.807) is 13.1 Å². The minimum atomic E-state index is -1.07. The van der Waals surface area contributed by atoms with Crippen molar-refractivity contribution in [1.29, 1.82) is 0 Å². The number of pyridine rings is 1. The van der Waals surface area contributed by atoms with Gasteiger partial charge in [0.1, 0.15) is 11.6 Å². The number of nitrogens with two attached hydrogens (primary N) is 1. The van der Waals surface area contributed by atoms with Crippen LogP contribution in [0.25, 0.3) is 0 Å². The molecule has 0 aliphatic heterocycles. The summed E-state index contributed by atoms with van der Waals surface area (Å²) in [5.74, 6) is 0.560. The molecule has 0 radical (unpaired) electrons. The second-order valence-electron chi connectivity index (χ2n) is 3.69. The number of oxazole rings is 1. The smallest absolute Gasteiger partial charge is 0.337 e. The summed E-state index contributed by atoms with van der Waals surface area (Å²) in [5, 5.41) is 11.7. The van der Waals surface area contributed by atoms with Crippen molar-refractivity contribution >= 4 is 17.5 Å². The lowest BCUT2D eigenvalue weighted by Crippen LogP contribution is -2.07. The molecule has 0 aliphatic rings. The first-order valence-electron chi connectivity index (χ1n) is 5.20. The number of nitrogens with zero attached hydrogens (tertiary/aromatic N) is 2. The van der Waals surface area contributed by atoms with Crippen LogP contribution in [0, 0.1) is 6.92 Å². The summed E-state index contributed by atoms with van der Waals surface area (Å²) < 4.78 is 5.27. The van der Waals surface area contributed by atoms with Crippen LogP contribution in [-0.2, 0) is 6.54 Å². The van der Waals surface area contributed by atoms with E-state index in [-0.39, 0.29) is 11.3 Å². The summed E-state index contributed by atoms with van der Waals surface area (Å²) in [5.41, 5.74) is 6.00. The molecule has 7 nitrogen and oxygen atoms in total. The molecule has 0 bridgehead atoms. The van der Waals surface area contributed by atoms with E-state index in [2.05, 4.69) is 15.3 Å². The van der Waals surface area contributed by atoms with Crippen LogP contribution < -0.4 is 11.1 Å². The number of hydrogen-bond donors (Lipinski definition) is 3. The fraction of sp³-hybridized carbons (Fsp3) is 0.182. The predicted octanol–water partition coefficient (Wildman–Crippen LogP) is 1.27. The zero-order chi connectivity index (χ0) is 13.1. The van der Waals surface area contributed by atoms with Gasteiger partial charge in [0.15, 0.2) is 0 Å². The molecule has 0 saturated carbocycles. The summed E-state index contributed by atoms with van der Waals surface area (Å²) >= 11 is 0. The third-order valence-corrected chi connectivity index (χ3v) is 2.24. The lowest BCUT2D eigenvalue weighted by Gasteiger charge is -2.06. The van der Waals surface area contributed by atoms with Gasteiger partial charge < -0.3 is 20.6 Å². The normalized spacial score (nSPS) is 10.3. The van der Waals surface area contributed by atoms with Gasteiger partial charge in [-0.1, -0.05) is 0 Å². The largest absolute Gasteiger partial charge is 0.478 e. The molecule has 2 aromatic heterocycles. The number of nitrogen functional groups attached to an aromatic ring is 1. The highest BCUT2D eigenvalue weighted by molar-refractivity contribution is 5.89. The summed E-state index contributed by atoms with van der Waals surface area (Å²) in [6.07, 6.45) is 2.85. The Bertz CT molecular complexity index is 579. The van der Waals surface area contributed by atoms with Crippen LogP contribution in [-0.4, -0.2) is 21.0 Å². The third kappa shape index (κ3) is 2.57. The summed E-state index contributed by atoms with van der Waals surface area (Å²) in [4.78, 5) is 18.7. The Morgan fingerprint density at radius 3 is 2.83 bits per heavy atom. The molecule has 0 fully saturated rings. The average molecular weight is 248 g/mol. The van der Waals surface area contributed by atoms with E-state index in [0.29, 0.717) is 24.0 Å². The van der Waals surface area contributed by atoms with E-state index in [4.69, 9.17) is 15.3 Å². The molecule has 2 rings (SSSR count). The number of hydrogen-bond acceptors (Lipinski definition) is 6. The molecule has 0 aromatic carbocycles. The molecular formula is C11H12N4O3. The van der Waals surface area contributed by atoms with Crippen LogP contribution in [0.2, 0.25) is 0 Å². The van der Waals surface area contributed by atoms with E-state index in [9.17, 15) is 4.79 Å². The molecule has 0 amide bonds. The van der Waals surface area contributed by atoms with Crippen molar-refractivity contribution < 1.29 is 14.3 Å². The fourth-order valence-electron chi connectivity index (χ4n) is 1.39. The maximum atomic E-state index is 10.7. The number of aromatic nitrogens is 2. The van der Waals surface area contributed by atoms with E-state index in [1.807, 2.05) is 0 Å². The first-order valence-corrected chi connectivity index (χ1v) is 5.20. The van der Waals surface area contributed by atoms with Crippen LogP contribution in [0.4, 0.5) is 11.5 Å². The van der Waals surface area contributed by atoms with Crippen molar-refractivity contribution in [3.05, 3.63) is 35.7 Å². The number of rotatable bonds is 4. The Balaban J connectivity index is 2.08. The Morgan fingerprint density at radius 1 is 1.50 bits per heavy atom. The summed E-state index contributed by atoms with van der Waals surface area (Å²) in [6.45, 7) is 2.13. The Kier molecular flexibility index (Phi) is 3.13. The van der Waals surface area contributed by atoms with Crippen molar-refractivity contribution in [2.45, 2.75) is 13.5 Å². The zero-order valence-electron chi connectivity index (χ0n) is 9.67. The number of aromatic carboxylic acids is 1. The standard InChI is InChI=1S/C11H12N4O3/c1-6-3-13-9(18-6)5-15-10-8(12)2-7(4-14-10)11(16)17/h2-4H,5,12H2,1H3,(H,14,15)(H,16,17). The molecule has 0 spiro atoms. The van der Waals surface area contributed by atoms with Gasteiger partial charge in [-0.3, -0.25) is 0 Å². The molecule has 7 heteroatoms. The number of carboxylic acids is 1. The quantitative estimate of drug-likeness (QED) is 0.746. The summed E-state index contributed by atoms with van der Waals surface area (Å²) in [7, 11) is 0. The molecule has 94 valence electrons. The zero-order valence-corrected chi connectivity index (χ0v) is 9.67. The lowest BCUT2D eigenvalue weighted by atomic mass is 10.2. The van der Waals surface area contributed by atoms with Crippen molar-refractivity contribution in [3.63, 3.8) is 0 Å². The SMILES string of the molecule is Cc1cnc(CNc2ncc(C(=O)O)cc2N)o1. The number of anilines is 2. The number of carboxylic acid groups (broad SMARTS) is 1. The maximum Gasteiger partial charge on any atom is 0.337 e. The molecule has 2 heterocycles. The van der Waals surface area contributed by atoms with Gasteiger partial charge in [0.2, 0.25) is 5.89 Å². The minimum absolute atomic E-state index is 0.0463. The molecule has 0 saturated heterocycles. The van der Waals surface area contributed by atoms with Gasteiger partial charge in [-0.2, -0.15) is 0 Å². The van der Waals surface area contributed by atoms with E-state index in [0.717, 1.165) is 0 Å². The Morgan fingerprint density at radius 2 is 2.28 bits per heavy atom. The Labute approximate surface area is 103 Å². The molecule has 0 atom stereocenters. The van der Waals surface area contributed by atoms with Gasteiger partial charge in [-0.15, -0.1) is 0 Å². The van der Waals surface area contributed by atoms with Crippen LogP contribution in [0.5, 0.6) is 0 Å². The van der Waals surface area contributed by atoms with E-state index < -0.39 is 5.97 Å². The fourth-order valence-corrected chi connectivity index (χ4v) is 1.39. The van der Waals surface area contributed by atoms with Gasteiger partial charge in [0.05, 0.1) is 24.0 Å². The monoisotopic (exact) mass is 248 g/mol. The molecule has 18 heavy (non-hydrogen) atoms. The van der Waals surface area contributed by atoms with Crippen molar-refractivity contribution in [2.75, 3.05) is 11.1 Å². The van der Waals surface area contributed by atoms with Crippen molar-refractivity contribution in [1.82, 2.24) is 9.97 Å². The number of carbonyl (C=O) groups is 1. The topological polar surface area (TPSA) is 114 Å². The minimum Gasteiger partial charge on any atom is -0.478 e. The van der Waals surface area contributed by atoms with Crippen LogP contribution in [0.15, 0.2) is 22.9 Å². The van der Waals surface area contributed by atoms with Crippen LogP contribution >= 0.6 is 0 Å². The molecular weight excluding hydrogens is 236 g/mol. The Hall–Kier alpha value is -2.57. The van der Waals surface area contributed by atoms with E-state index >= 15 is 0 Å². The maximum absolute atomic E-state index is 10.7. The van der Waals surface area contributed by atoms with Crippen LogP contribution in [0.3, 0.4) is 0 Å². The molecule has 0 unspecified atom stereocenters. The average Bonchev–Trinajstić information content (AvgIpc) is 2.73. The number of nitrogens with one attached hydrogen (secondary N) is 1. The highest BCUT2D eigenvalue weighted by Gasteiger charge is 2.08. The van der Waals surface area contributed by atoms with Gasteiger partial charge in [-0.25, -0.2) is 14.8 Å². The number of aryl methyl sites for hydroxylation is 1. The summed E-state index contributed by atoms with van der Waals surface area (Å²) in [6, 6.07) is 1.35. The van der Waals surface area contributed by atoms with Crippen LogP contribution in [0.1, 0.15) is 22.0 Å². The molecule has 4 N–H and O–H groups in total. The molecule has 0 aliphatic carbocycles. The first kappa shape index (κ1) is 11.9. The van der Waals surface area contributed by atoms with Crippen molar-refractivity contribution in [3.8, 4) is 0 Å². The van der Waals surface area contributed by atoms with Gasteiger partial charge in [0, 0.05) is 6.20 Å².